The third-order valence-corrected chi connectivity index (χ3v) is 5.86. The zero-order valence-corrected chi connectivity index (χ0v) is 17.3. The van der Waals surface area contributed by atoms with Crippen LogP contribution in [0.15, 0.2) is 41.3 Å². The molecule has 2 heterocycles. The Bertz CT molecular complexity index is 883. The molecule has 150 valence electrons. The number of rotatable bonds is 4. The van der Waals surface area contributed by atoms with E-state index in [2.05, 4.69) is 56.9 Å². The minimum absolute atomic E-state index is 0.131. The van der Waals surface area contributed by atoms with Crippen LogP contribution in [0.2, 0.25) is 0 Å². The first-order chi connectivity index (χ1) is 13.2. The highest BCUT2D eigenvalue weighted by atomic mass is 16.6. The van der Waals surface area contributed by atoms with Crippen molar-refractivity contribution in [1.29, 1.82) is 0 Å². The number of hydrogen-bond acceptors (Lipinski definition) is 4. The van der Waals surface area contributed by atoms with E-state index in [0.29, 0.717) is 35.9 Å². The molecule has 1 saturated carbocycles. The van der Waals surface area contributed by atoms with E-state index >= 15 is 0 Å². The number of nitrogens with zero attached hydrogens (tertiary/aromatic N) is 2. The molecule has 0 N–H and O–H groups in total. The molecule has 0 spiro atoms. The van der Waals surface area contributed by atoms with Gasteiger partial charge >= 0.3 is 0 Å². The molecule has 4 rings (SSSR count). The summed E-state index contributed by atoms with van der Waals surface area (Å²) in [5.41, 5.74) is 1.89. The Morgan fingerprint density at radius 2 is 1.79 bits per heavy atom. The van der Waals surface area contributed by atoms with Crippen molar-refractivity contribution in [2.45, 2.75) is 65.5 Å². The fraction of sp³-hybridized carbons (Fsp3) is 0.565. The largest absolute Gasteiger partial charge is 0.490 e. The summed E-state index contributed by atoms with van der Waals surface area (Å²) >= 11 is 0. The van der Waals surface area contributed by atoms with E-state index in [0.717, 1.165) is 5.75 Å². The van der Waals surface area contributed by atoms with Gasteiger partial charge in [0.25, 0.3) is 11.6 Å². The first-order valence-corrected chi connectivity index (χ1v) is 10.2. The second-order valence-corrected chi connectivity index (χ2v) is 9.93. The quantitative estimate of drug-likeness (QED) is 0.786. The molecule has 5 heteroatoms. The predicted octanol–water partition coefficient (Wildman–Crippen LogP) is 4.40. The molecular weight excluding hydrogens is 352 g/mol. The Kier molecular flexibility index (Phi) is 4.72. The fourth-order valence-electron chi connectivity index (χ4n) is 5.25. The van der Waals surface area contributed by atoms with Crippen LogP contribution in [-0.2, 0) is 6.54 Å². The monoisotopic (exact) mass is 382 g/mol. The van der Waals surface area contributed by atoms with Crippen LogP contribution in [0.4, 0.5) is 0 Å². The summed E-state index contributed by atoms with van der Waals surface area (Å²) in [5, 5.41) is 0. The van der Waals surface area contributed by atoms with E-state index in [1.54, 1.807) is 6.20 Å². The van der Waals surface area contributed by atoms with Crippen LogP contribution in [0.1, 0.15) is 58.4 Å². The highest BCUT2D eigenvalue weighted by Crippen LogP contribution is 2.51. The van der Waals surface area contributed by atoms with Crippen molar-refractivity contribution in [3.8, 4) is 11.8 Å². The van der Waals surface area contributed by atoms with Gasteiger partial charge in [-0.3, -0.25) is 9.36 Å². The lowest BCUT2D eigenvalue weighted by Crippen LogP contribution is -2.32. The van der Waals surface area contributed by atoms with Crippen LogP contribution in [0.3, 0.4) is 0 Å². The molecule has 1 aromatic carbocycles. The van der Waals surface area contributed by atoms with Crippen LogP contribution in [0.5, 0.6) is 11.8 Å². The van der Waals surface area contributed by atoms with Gasteiger partial charge < -0.3 is 9.47 Å². The minimum atomic E-state index is -0.280. The van der Waals surface area contributed by atoms with Gasteiger partial charge in [0.1, 0.15) is 12.4 Å². The average molecular weight is 383 g/mol. The van der Waals surface area contributed by atoms with Gasteiger partial charge in [-0.15, -0.1) is 0 Å². The molecule has 0 amide bonds. The maximum Gasteiger partial charge on any atom is 0.300 e. The van der Waals surface area contributed by atoms with Crippen LogP contribution in [0.25, 0.3) is 0 Å². The van der Waals surface area contributed by atoms with Crippen LogP contribution in [0, 0.1) is 10.8 Å². The predicted molar refractivity (Wildman–Crippen MR) is 109 cm³/mol. The van der Waals surface area contributed by atoms with E-state index in [1.807, 2.05) is 4.57 Å². The van der Waals surface area contributed by atoms with Crippen molar-refractivity contribution in [2.75, 3.05) is 6.61 Å². The summed E-state index contributed by atoms with van der Waals surface area (Å²) in [6.07, 6.45) is 5.33. The lowest BCUT2D eigenvalue weighted by Gasteiger charge is -2.45. The van der Waals surface area contributed by atoms with Gasteiger partial charge in [-0.2, -0.15) is 4.98 Å². The molecule has 0 saturated heterocycles. The molecule has 2 aromatic rings. The summed E-state index contributed by atoms with van der Waals surface area (Å²) in [6, 6.07) is 10.4. The second kappa shape index (κ2) is 6.94. The standard InChI is InChI=1S/C23H30N2O3/c1-22(2)11-17(12-23(3,4)15-22)16-5-7-18(8-6-16)27-14-19-13-25-10-9-20(26)24-21(25)28-19/h5-10,17,19H,11-15H2,1-4H3/t19-/m0/s1. The molecule has 28 heavy (non-hydrogen) atoms. The molecule has 5 nitrogen and oxygen atoms in total. The molecule has 1 atom stereocenters. The first kappa shape index (κ1) is 19.0. The molecule has 0 bridgehead atoms. The van der Waals surface area contributed by atoms with Gasteiger partial charge in [-0.05, 0) is 53.7 Å². The highest BCUT2D eigenvalue weighted by Gasteiger charge is 2.38. The van der Waals surface area contributed by atoms with Crippen molar-refractivity contribution in [2.24, 2.45) is 10.8 Å². The first-order valence-electron chi connectivity index (χ1n) is 10.2. The number of ether oxygens (including phenoxy) is 2. The van der Waals surface area contributed by atoms with Crippen molar-refractivity contribution in [3.63, 3.8) is 0 Å². The van der Waals surface area contributed by atoms with Crippen molar-refractivity contribution in [3.05, 3.63) is 52.4 Å². The van der Waals surface area contributed by atoms with E-state index in [1.165, 1.54) is 30.9 Å². The third kappa shape index (κ3) is 4.23. The van der Waals surface area contributed by atoms with Gasteiger partial charge in [0.2, 0.25) is 0 Å². The number of benzene rings is 1. The Morgan fingerprint density at radius 1 is 1.11 bits per heavy atom. The third-order valence-electron chi connectivity index (χ3n) is 5.86. The number of aromatic nitrogens is 2. The molecule has 0 unspecified atom stereocenters. The maximum atomic E-state index is 11.3. The van der Waals surface area contributed by atoms with Crippen LogP contribution >= 0.6 is 0 Å². The lowest BCUT2D eigenvalue weighted by molar-refractivity contribution is 0.0968. The molecule has 1 fully saturated rings. The van der Waals surface area contributed by atoms with Crippen molar-refractivity contribution < 1.29 is 9.47 Å². The smallest absolute Gasteiger partial charge is 0.300 e. The lowest BCUT2D eigenvalue weighted by atomic mass is 9.60. The normalized spacial score (nSPS) is 23.1. The zero-order valence-electron chi connectivity index (χ0n) is 17.3. The Balaban J connectivity index is 1.36. The van der Waals surface area contributed by atoms with E-state index in [-0.39, 0.29) is 11.7 Å². The van der Waals surface area contributed by atoms with Crippen molar-refractivity contribution in [1.82, 2.24) is 9.55 Å². The molecular formula is C23H30N2O3. The number of fused-ring (bicyclic) bond motifs is 1. The maximum absolute atomic E-state index is 11.3. The average Bonchev–Trinajstić information content (AvgIpc) is 2.99. The molecule has 2 aliphatic rings. The van der Waals surface area contributed by atoms with Crippen LogP contribution < -0.4 is 15.0 Å². The summed E-state index contributed by atoms with van der Waals surface area (Å²) < 4.78 is 13.5. The van der Waals surface area contributed by atoms with Gasteiger partial charge in [0.05, 0.1) is 6.54 Å². The minimum Gasteiger partial charge on any atom is -0.490 e. The fourth-order valence-corrected chi connectivity index (χ4v) is 5.25. The SMILES string of the molecule is CC1(C)CC(c2ccc(OC[C@@H]3Cn4ccc(=O)nc4O3)cc2)CC(C)(C)C1. The Hall–Kier alpha value is -2.30. The zero-order chi connectivity index (χ0) is 19.9. The summed E-state index contributed by atoms with van der Waals surface area (Å²) in [6.45, 7) is 10.6. The second-order valence-electron chi connectivity index (χ2n) is 9.93. The Morgan fingerprint density at radius 3 is 2.46 bits per heavy atom. The van der Waals surface area contributed by atoms with Gasteiger partial charge in [0, 0.05) is 12.3 Å². The van der Waals surface area contributed by atoms with E-state index < -0.39 is 0 Å². The van der Waals surface area contributed by atoms with Gasteiger partial charge in [-0.25, -0.2) is 0 Å². The van der Waals surface area contributed by atoms with Gasteiger partial charge in [0.15, 0.2) is 6.10 Å². The van der Waals surface area contributed by atoms with Gasteiger partial charge in [-0.1, -0.05) is 39.8 Å². The summed E-state index contributed by atoms with van der Waals surface area (Å²) in [4.78, 5) is 15.2. The summed E-state index contributed by atoms with van der Waals surface area (Å²) in [5.74, 6) is 1.45. The molecule has 1 aliphatic heterocycles. The Labute approximate surface area is 166 Å². The number of hydrogen-bond donors (Lipinski definition) is 0. The highest BCUT2D eigenvalue weighted by molar-refractivity contribution is 5.30. The van der Waals surface area contributed by atoms with E-state index in [4.69, 9.17) is 9.47 Å². The van der Waals surface area contributed by atoms with Crippen molar-refractivity contribution >= 4 is 0 Å². The topological polar surface area (TPSA) is 53.4 Å². The summed E-state index contributed by atoms with van der Waals surface area (Å²) in [7, 11) is 0. The molecule has 0 radical (unpaired) electrons. The molecule has 1 aromatic heterocycles. The molecule has 1 aliphatic carbocycles. The van der Waals surface area contributed by atoms with E-state index in [9.17, 15) is 4.79 Å². The van der Waals surface area contributed by atoms with Crippen LogP contribution in [-0.4, -0.2) is 22.3 Å².